The number of methoxy groups -OCH3 is 1. The van der Waals surface area contributed by atoms with Gasteiger partial charge >= 0.3 is 0 Å². The van der Waals surface area contributed by atoms with Gasteiger partial charge in [-0.2, -0.15) is 0 Å². The van der Waals surface area contributed by atoms with E-state index >= 15 is 0 Å². The number of nitrogens with one attached hydrogen (secondary N) is 2. The van der Waals surface area contributed by atoms with Crippen LogP contribution in [0.3, 0.4) is 0 Å². The zero-order valence-electron chi connectivity index (χ0n) is 16.7. The molecule has 0 fully saturated rings. The maximum atomic E-state index is 13.1. The van der Waals surface area contributed by atoms with Gasteiger partial charge in [-0.1, -0.05) is 24.3 Å². The highest BCUT2D eigenvalue weighted by molar-refractivity contribution is 5.95. The molecule has 0 spiro atoms. The number of nitrogens with two attached hydrogens (primary N) is 1. The molecular weight excluding hydrogens is 429 g/mol. The Kier molecular flexibility index (Phi) is 9.04. The molecule has 0 aliphatic rings. The number of amides is 1. The second-order valence-corrected chi connectivity index (χ2v) is 6.29. The van der Waals surface area contributed by atoms with Crippen molar-refractivity contribution in [3.05, 3.63) is 65.1 Å². The Hall–Kier alpha value is -3.37. The summed E-state index contributed by atoms with van der Waals surface area (Å²) in [5, 5.41) is 12.7. The molecule has 0 saturated heterocycles. The van der Waals surface area contributed by atoms with Gasteiger partial charge in [-0.25, -0.2) is 9.02 Å². The molecule has 1 heterocycles. The average Bonchev–Trinajstić information content (AvgIpc) is 3.19. The number of hydrogen-bond donors (Lipinski definition) is 3. The summed E-state index contributed by atoms with van der Waals surface area (Å²) in [5.74, 6) is 0.386. The molecule has 0 atom stereocenters. The van der Waals surface area contributed by atoms with Crippen LogP contribution in [0.2, 0.25) is 0 Å². The standard InChI is InChI=1S/C20H22FN5O4.ClH/c1-28-16-4-2-3-14(18(16)29-12-13-5-7-15(21)8-6-13)11-23-9-10-24-20(27)17-19(22)26-30-25-17;/h2-8,23H,9-12H2,1H3,(H2,22,26)(H,24,27);1H/p-1. The van der Waals surface area contributed by atoms with Crippen molar-refractivity contribution in [1.82, 2.24) is 20.9 Å². The first kappa shape index (κ1) is 23.9. The van der Waals surface area contributed by atoms with E-state index in [4.69, 9.17) is 15.2 Å². The first-order valence-electron chi connectivity index (χ1n) is 9.18. The van der Waals surface area contributed by atoms with E-state index in [-0.39, 0.29) is 36.3 Å². The van der Waals surface area contributed by atoms with Gasteiger partial charge in [0.1, 0.15) is 12.4 Å². The largest absolute Gasteiger partial charge is 1.00 e. The van der Waals surface area contributed by atoms with E-state index in [1.54, 1.807) is 25.3 Å². The highest BCUT2D eigenvalue weighted by Gasteiger charge is 2.15. The minimum atomic E-state index is -0.458. The van der Waals surface area contributed by atoms with Gasteiger partial charge in [-0.3, -0.25) is 4.79 Å². The Morgan fingerprint density at radius 1 is 1.16 bits per heavy atom. The summed E-state index contributed by atoms with van der Waals surface area (Å²) >= 11 is 0. The third kappa shape index (κ3) is 6.56. The number of nitrogens with zero attached hydrogens (tertiary/aromatic N) is 2. The van der Waals surface area contributed by atoms with E-state index < -0.39 is 5.91 Å². The molecule has 9 nitrogen and oxygen atoms in total. The quantitative estimate of drug-likeness (QED) is 0.333. The molecule has 0 saturated carbocycles. The third-order valence-corrected chi connectivity index (χ3v) is 4.21. The number of anilines is 1. The monoisotopic (exact) mass is 450 g/mol. The van der Waals surface area contributed by atoms with E-state index in [2.05, 4.69) is 25.6 Å². The van der Waals surface area contributed by atoms with Crippen LogP contribution in [-0.2, 0) is 13.2 Å². The van der Waals surface area contributed by atoms with Crippen molar-refractivity contribution in [1.29, 1.82) is 0 Å². The lowest BCUT2D eigenvalue weighted by Crippen LogP contribution is -3.00. The van der Waals surface area contributed by atoms with Crippen LogP contribution in [0.1, 0.15) is 21.6 Å². The van der Waals surface area contributed by atoms with Gasteiger partial charge in [-0.05, 0) is 34.1 Å². The summed E-state index contributed by atoms with van der Waals surface area (Å²) in [7, 11) is 1.57. The first-order valence-corrected chi connectivity index (χ1v) is 9.18. The van der Waals surface area contributed by atoms with Crippen molar-refractivity contribution in [2.75, 3.05) is 25.9 Å². The van der Waals surface area contributed by atoms with Crippen LogP contribution in [0.15, 0.2) is 47.1 Å². The molecule has 166 valence electrons. The first-order chi connectivity index (χ1) is 14.6. The van der Waals surface area contributed by atoms with Crippen molar-refractivity contribution < 1.29 is 35.7 Å². The Labute approximate surface area is 184 Å². The molecule has 1 aromatic heterocycles. The van der Waals surface area contributed by atoms with Crippen LogP contribution in [0, 0.1) is 5.82 Å². The summed E-state index contributed by atoms with van der Waals surface area (Å²) in [6, 6.07) is 11.7. The normalized spacial score (nSPS) is 10.3. The van der Waals surface area contributed by atoms with Crippen LogP contribution in [-0.4, -0.2) is 36.4 Å². The lowest BCUT2D eigenvalue weighted by atomic mass is 10.1. The number of halogens is 2. The van der Waals surface area contributed by atoms with Crippen LogP contribution in [0.25, 0.3) is 0 Å². The summed E-state index contributed by atoms with van der Waals surface area (Å²) in [6.07, 6.45) is 0. The lowest BCUT2D eigenvalue weighted by Gasteiger charge is -2.16. The van der Waals surface area contributed by atoms with Gasteiger partial charge in [0.2, 0.25) is 11.5 Å². The van der Waals surface area contributed by atoms with E-state index in [0.717, 1.165) is 11.1 Å². The predicted octanol–water partition coefficient (Wildman–Crippen LogP) is -1.10. The maximum Gasteiger partial charge on any atom is 0.277 e. The van der Waals surface area contributed by atoms with Gasteiger partial charge < -0.3 is 38.2 Å². The van der Waals surface area contributed by atoms with Crippen molar-refractivity contribution in [3.63, 3.8) is 0 Å². The van der Waals surface area contributed by atoms with Crippen LogP contribution >= 0.6 is 0 Å². The van der Waals surface area contributed by atoms with Crippen LogP contribution in [0.5, 0.6) is 11.5 Å². The number of aromatic nitrogens is 2. The molecule has 0 unspecified atom stereocenters. The van der Waals surface area contributed by atoms with Crippen molar-refractivity contribution in [2.24, 2.45) is 0 Å². The molecule has 3 rings (SSSR count). The lowest BCUT2D eigenvalue weighted by molar-refractivity contribution is -0.0000161. The van der Waals surface area contributed by atoms with E-state index in [0.29, 0.717) is 31.1 Å². The Bertz CT molecular complexity index is 984. The zero-order chi connectivity index (χ0) is 21.3. The molecule has 0 bridgehead atoms. The number of benzene rings is 2. The van der Waals surface area contributed by atoms with Crippen LogP contribution in [0.4, 0.5) is 10.2 Å². The molecule has 3 aromatic rings. The Morgan fingerprint density at radius 2 is 1.94 bits per heavy atom. The number of carbonyl (C=O) groups excluding carboxylic acids is 1. The second-order valence-electron chi connectivity index (χ2n) is 6.29. The van der Waals surface area contributed by atoms with E-state index in [1.165, 1.54) is 12.1 Å². The Balaban J connectivity index is 0.00000341. The summed E-state index contributed by atoms with van der Waals surface area (Å²) in [4.78, 5) is 11.9. The summed E-state index contributed by atoms with van der Waals surface area (Å²) < 4.78 is 28.8. The molecule has 2 aromatic carbocycles. The molecule has 1 amide bonds. The maximum absolute atomic E-state index is 13.1. The fourth-order valence-corrected chi connectivity index (χ4v) is 2.69. The molecular formula is C20H22ClFN5O4-. The van der Waals surface area contributed by atoms with Gasteiger partial charge in [0, 0.05) is 25.2 Å². The number of ether oxygens (including phenoxy) is 2. The minimum absolute atomic E-state index is 0. The average molecular weight is 451 g/mol. The SMILES string of the molecule is COc1cccc(CNCCNC(=O)c2nonc2N)c1OCc1ccc(F)cc1.[Cl-]. The van der Waals surface area contributed by atoms with Gasteiger partial charge in [0.15, 0.2) is 11.5 Å². The van der Waals surface area contributed by atoms with Crippen molar-refractivity contribution in [2.45, 2.75) is 13.2 Å². The smallest absolute Gasteiger partial charge is 0.277 e. The highest BCUT2D eigenvalue weighted by atomic mass is 35.5. The summed E-state index contributed by atoms with van der Waals surface area (Å²) in [5.41, 5.74) is 7.16. The predicted molar refractivity (Wildman–Crippen MR) is 106 cm³/mol. The van der Waals surface area contributed by atoms with Crippen LogP contribution < -0.4 is 38.2 Å². The molecule has 11 heteroatoms. The third-order valence-electron chi connectivity index (χ3n) is 4.21. The minimum Gasteiger partial charge on any atom is -1.00 e. The Morgan fingerprint density at radius 3 is 2.61 bits per heavy atom. The van der Waals surface area contributed by atoms with Crippen molar-refractivity contribution >= 4 is 11.7 Å². The number of carbonyl (C=O) groups is 1. The highest BCUT2D eigenvalue weighted by Crippen LogP contribution is 2.31. The number of nitrogen functional groups attached to an aromatic ring is 1. The molecule has 0 aliphatic carbocycles. The fourth-order valence-electron chi connectivity index (χ4n) is 2.69. The van der Waals surface area contributed by atoms with Crippen molar-refractivity contribution in [3.8, 4) is 11.5 Å². The molecule has 0 radical (unpaired) electrons. The number of rotatable bonds is 10. The molecule has 31 heavy (non-hydrogen) atoms. The van der Waals surface area contributed by atoms with Gasteiger partial charge in [0.25, 0.3) is 5.91 Å². The van der Waals surface area contributed by atoms with Gasteiger partial charge in [0.05, 0.1) is 7.11 Å². The number of hydrogen-bond acceptors (Lipinski definition) is 8. The molecule has 4 N–H and O–H groups in total. The topological polar surface area (TPSA) is 125 Å². The number of para-hydroxylation sites is 1. The van der Waals surface area contributed by atoms with E-state index in [1.807, 2.05) is 12.1 Å². The fraction of sp³-hybridized carbons (Fsp3) is 0.250. The molecule has 0 aliphatic heterocycles. The zero-order valence-corrected chi connectivity index (χ0v) is 17.5. The second kappa shape index (κ2) is 11.7. The summed E-state index contributed by atoms with van der Waals surface area (Å²) in [6.45, 7) is 1.60. The van der Waals surface area contributed by atoms with Gasteiger partial charge in [-0.15, -0.1) is 0 Å². The van der Waals surface area contributed by atoms with E-state index in [9.17, 15) is 9.18 Å².